The lowest BCUT2D eigenvalue weighted by Gasteiger charge is -2.35. The second-order valence-electron chi connectivity index (χ2n) is 10.4. The molecule has 0 radical (unpaired) electrons. The van der Waals surface area contributed by atoms with Crippen molar-refractivity contribution in [3.8, 4) is 10.4 Å². The number of hydrogen-bond donors (Lipinski definition) is 3. The van der Waals surface area contributed by atoms with E-state index in [9.17, 15) is 14.7 Å². The van der Waals surface area contributed by atoms with E-state index in [0.717, 1.165) is 34.5 Å². The molecule has 1 saturated heterocycles. The molecule has 1 aliphatic heterocycles. The number of aromatic nitrogens is 1. The third kappa shape index (κ3) is 4.69. The van der Waals surface area contributed by atoms with Crippen molar-refractivity contribution >= 4 is 23.2 Å². The average Bonchev–Trinajstić information content (AvgIpc) is 3.21. The lowest BCUT2D eigenvalue weighted by Crippen LogP contribution is -2.56. The van der Waals surface area contributed by atoms with E-state index in [1.807, 2.05) is 33.2 Å². The number of aryl methyl sites for hydroxylation is 1. The molecule has 0 spiro atoms. The van der Waals surface area contributed by atoms with Crippen LogP contribution in [0.1, 0.15) is 51.3 Å². The monoisotopic (exact) mass is 470 g/mol. The molecule has 7 nitrogen and oxygen atoms in total. The van der Waals surface area contributed by atoms with Gasteiger partial charge in [0.2, 0.25) is 11.8 Å². The van der Waals surface area contributed by atoms with Crippen molar-refractivity contribution in [1.29, 1.82) is 0 Å². The van der Waals surface area contributed by atoms with Crippen molar-refractivity contribution in [2.45, 2.75) is 70.7 Å². The predicted molar refractivity (Wildman–Crippen MR) is 130 cm³/mol. The molecule has 2 aliphatic rings. The Bertz CT molecular complexity index is 1020. The lowest BCUT2D eigenvalue weighted by atomic mass is 9.86. The number of β-amino-alcohol motifs (C(OH)–C–C–N with tert-alkyl or cyclic N) is 1. The number of nitrogens with zero attached hydrogens (tertiary/aromatic N) is 2. The van der Waals surface area contributed by atoms with Crippen LogP contribution in [0.25, 0.3) is 10.4 Å². The summed E-state index contributed by atoms with van der Waals surface area (Å²) in [5.41, 5.74) is 4.35. The molecule has 4 rings (SSSR count). The number of benzene rings is 1. The van der Waals surface area contributed by atoms with Crippen molar-refractivity contribution < 1.29 is 14.7 Å². The predicted octanol–water partition coefficient (Wildman–Crippen LogP) is 2.82. The van der Waals surface area contributed by atoms with Crippen LogP contribution in [-0.4, -0.2) is 58.6 Å². The van der Waals surface area contributed by atoms with Gasteiger partial charge in [-0.1, -0.05) is 45.0 Å². The first kappa shape index (κ1) is 23.9. The number of aliphatic hydroxyl groups excluding tert-OH is 1. The molecule has 8 heteroatoms. The Hall–Kier alpha value is -2.29. The SMILES string of the molecule is CN[C@H](C(=O)N1C[C@H](O)C[C@H]1C(=O)NC1(c2ccc(-c3scnc3C)cc2)CC1)C(C)(C)C. The molecule has 2 fully saturated rings. The fourth-order valence-electron chi connectivity index (χ4n) is 4.85. The molecule has 3 atom stereocenters. The van der Waals surface area contributed by atoms with Crippen LogP contribution in [0.3, 0.4) is 0 Å². The molecular weight excluding hydrogens is 436 g/mol. The van der Waals surface area contributed by atoms with Crippen LogP contribution in [0.4, 0.5) is 0 Å². The molecule has 0 bridgehead atoms. The van der Waals surface area contributed by atoms with Crippen LogP contribution in [-0.2, 0) is 15.1 Å². The first-order valence-electron chi connectivity index (χ1n) is 11.5. The maximum Gasteiger partial charge on any atom is 0.243 e. The van der Waals surface area contributed by atoms with Gasteiger partial charge in [0.05, 0.1) is 33.8 Å². The summed E-state index contributed by atoms with van der Waals surface area (Å²) in [4.78, 5) is 33.7. The van der Waals surface area contributed by atoms with Crippen LogP contribution in [0.2, 0.25) is 0 Å². The van der Waals surface area contributed by atoms with Gasteiger partial charge in [0, 0.05) is 13.0 Å². The van der Waals surface area contributed by atoms with Crippen molar-refractivity contribution in [1.82, 2.24) is 20.5 Å². The smallest absolute Gasteiger partial charge is 0.243 e. The van der Waals surface area contributed by atoms with Gasteiger partial charge in [-0.15, -0.1) is 11.3 Å². The molecule has 2 heterocycles. The molecule has 1 aliphatic carbocycles. The van der Waals surface area contributed by atoms with Crippen LogP contribution in [0.5, 0.6) is 0 Å². The Morgan fingerprint density at radius 1 is 1.24 bits per heavy atom. The third-order valence-electron chi connectivity index (χ3n) is 6.82. The van der Waals surface area contributed by atoms with Gasteiger partial charge in [-0.2, -0.15) is 0 Å². The summed E-state index contributed by atoms with van der Waals surface area (Å²) in [5, 5.41) is 16.6. The Kier molecular flexibility index (Phi) is 6.37. The molecule has 1 aromatic heterocycles. The van der Waals surface area contributed by atoms with Crippen LogP contribution in [0, 0.1) is 12.3 Å². The van der Waals surface area contributed by atoms with Gasteiger partial charge in [-0.3, -0.25) is 9.59 Å². The highest BCUT2D eigenvalue weighted by Gasteiger charge is 2.49. The summed E-state index contributed by atoms with van der Waals surface area (Å²) >= 11 is 1.62. The number of likely N-dealkylation sites (tertiary alicyclic amines) is 1. The van der Waals surface area contributed by atoms with E-state index >= 15 is 0 Å². The fraction of sp³-hybridized carbons (Fsp3) is 0.560. The molecule has 3 N–H and O–H groups in total. The number of amides is 2. The van der Waals surface area contributed by atoms with E-state index in [2.05, 4.69) is 39.9 Å². The highest BCUT2D eigenvalue weighted by molar-refractivity contribution is 7.13. The second-order valence-corrected chi connectivity index (χ2v) is 11.3. The number of thiazole rings is 1. The number of carbonyl (C=O) groups is 2. The lowest BCUT2D eigenvalue weighted by molar-refractivity contribution is -0.142. The summed E-state index contributed by atoms with van der Waals surface area (Å²) in [6.07, 6.45) is 1.29. The Morgan fingerprint density at radius 2 is 1.91 bits per heavy atom. The Labute approximate surface area is 199 Å². The molecular formula is C25H34N4O3S. The Morgan fingerprint density at radius 3 is 2.42 bits per heavy atom. The standard InChI is InChI=1S/C25H34N4O3S/c1-15-20(33-14-27-15)16-6-8-17(9-7-16)25(10-11-25)28-22(31)19-12-18(30)13-29(19)23(32)21(26-5)24(2,3)4/h6-9,14,18-19,21,26,30H,10-13H2,1-5H3,(H,28,31)/t18-,19+,21-/m1/s1. The minimum Gasteiger partial charge on any atom is -0.391 e. The zero-order valence-electron chi connectivity index (χ0n) is 20.0. The minimum atomic E-state index is -0.695. The number of likely N-dealkylation sites (N-methyl/N-ethyl adjacent to an activating group) is 1. The number of aliphatic hydroxyl groups is 1. The molecule has 1 aromatic carbocycles. The maximum atomic E-state index is 13.4. The Balaban J connectivity index is 1.50. The first-order chi connectivity index (χ1) is 15.6. The zero-order valence-corrected chi connectivity index (χ0v) is 20.8. The molecule has 2 aromatic rings. The molecule has 178 valence electrons. The van der Waals surface area contributed by atoms with Gasteiger partial charge in [-0.05, 0) is 43.4 Å². The normalized spacial score (nSPS) is 22.8. The average molecular weight is 471 g/mol. The van der Waals surface area contributed by atoms with Gasteiger partial charge in [-0.25, -0.2) is 4.98 Å². The minimum absolute atomic E-state index is 0.143. The molecule has 0 unspecified atom stereocenters. The second kappa shape index (κ2) is 8.81. The van der Waals surface area contributed by atoms with E-state index in [0.29, 0.717) is 0 Å². The quantitative estimate of drug-likeness (QED) is 0.604. The first-order valence-corrected chi connectivity index (χ1v) is 12.4. The molecule has 1 saturated carbocycles. The summed E-state index contributed by atoms with van der Waals surface area (Å²) in [5.74, 6) is -0.334. The summed E-state index contributed by atoms with van der Waals surface area (Å²) in [6.45, 7) is 8.16. The van der Waals surface area contributed by atoms with Gasteiger partial charge in [0.1, 0.15) is 6.04 Å². The third-order valence-corrected chi connectivity index (χ3v) is 7.80. The summed E-state index contributed by atoms with van der Waals surface area (Å²) in [6, 6.07) is 7.21. The van der Waals surface area contributed by atoms with Crippen molar-refractivity contribution in [3.05, 3.63) is 41.0 Å². The number of nitrogens with one attached hydrogen (secondary N) is 2. The fourth-order valence-corrected chi connectivity index (χ4v) is 5.66. The number of carbonyl (C=O) groups excluding carboxylic acids is 2. The van der Waals surface area contributed by atoms with Crippen LogP contribution in [0.15, 0.2) is 29.8 Å². The van der Waals surface area contributed by atoms with E-state index in [1.165, 1.54) is 0 Å². The summed E-state index contributed by atoms with van der Waals surface area (Å²) in [7, 11) is 1.76. The maximum absolute atomic E-state index is 13.4. The highest BCUT2D eigenvalue weighted by atomic mass is 32.1. The van der Waals surface area contributed by atoms with Gasteiger partial charge in [0.15, 0.2) is 0 Å². The van der Waals surface area contributed by atoms with Crippen LogP contribution < -0.4 is 10.6 Å². The van der Waals surface area contributed by atoms with Crippen LogP contribution >= 0.6 is 11.3 Å². The van der Waals surface area contributed by atoms with Gasteiger partial charge >= 0.3 is 0 Å². The number of rotatable bonds is 6. The van der Waals surface area contributed by atoms with Crippen molar-refractivity contribution in [2.75, 3.05) is 13.6 Å². The topological polar surface area (TPSA) is 94.6 Å². The van der Waals surface area contributed by atoms with Crippen molar-refractivity contribution in [3.63, 3.8) is 0 Å². The van der Waals surface area contributed by atoms with Crippen molar-refractivity contribution in [2.24, 2.45) is 5.41 Å². The van der Waals surface area contributed by atoms with Gasteiger partial charge < -0.3 is 20.6 Å². The van der Waals surface area contributed by atoms with E-state index in [4.69, 9.17) is 0 Å². The molecule has 2 amide bonds. The molecule has 33 heavy (non-hydrogen) atoms. The van der Waals surface area contributed by atoms with Gasteiger partial charge in [0.25, 0.3) is 0 Å². The zero-order chi connectivity index (χ0) is 24.0. The largest absolute Gasteiger partial charge is 0.391 e. The van der Waals surface area contributed by atoms with E-state index in [-0.39, 0.29) is 30.2 Å². The highest BCUT2D eigenvalue weighted by Crippen LogP contribution is 2.46. The number of hydrogen-bond acceptors (Lipinski definition) is 6. The van der Waals surface area contributed by atoms with E-state index < -0.39 is 23.7 Å². The van der Waals surface area contributed by atoms with E-state index in [1.54, 1.807) is 23.3 Å². The summed E-state index contributed by atoms with van der Waals surface area (Å²) < 4.78 is 0.